The van der Waals surface area contributed by atoms with E-state index in [1.165, 1.54) is 5.56 Å². The van der Waals surface area contributed by atoms with Crippen LogP contribution in [0.2, 0.25) is 0 Å². The van der Waals surface area contributed by atoms with Gasteiger partial charge in [-0.25, -0.2) is 4.79 Å². The minimum Gasteiger partial charge on any atom is -0.441 e. The van der Waals surface area contributed by atoms with Crippen LogP contribution in [0.4, 0.5) is 10.5 Å². The summed E-state index contributed by atoms with van der Waals surface area (Å²) in [5.41, 5.74) is 2.12. The van der Waals surface area contributed by atoms with Crippen LogP contribution in [0.5, 0.6) is 0 Å². The molecule has 0 radical (unpaired) electrons. The molecule has 2 amide bonds. The summed E-state index contributed by atoms with van der Waals surface area (Å²) >= 11 is 0. The van der Waals surface area contributed by atoms with Crippen molar-refractivity contribution in [2.24, 2.45) is 0 Å². The zero-order valence-corrected chi connectivity index (χ0v) is 14.2. The van der Waals surface area contributed by atoms with Crippen molar-refractivity contribution in [3.63, 3.8) is 0 Å². The Kier molecular flexibility index (Phi) is 5.04. The first-order valence-corrected chi connectivity index (χ1v) is 8.41. The molecule has 2 aliphatic heterocycles. The van der Waals surface area contributed by atoms with Crippen molar-refractivity contribution in [3.8, 4) is 0 Å². The highest BCUT2D eigenvalue weighted by Crippen LogP contribution is 2.30. The number of amides is 2. The maximum absolute atomic E-state index is 12.0. The normalized spacial score (nSPS) is 21.9. The van der Waals surface area contributed by atoms with E-state index >= 15 is 0 Å². The lowest BCUT2D eigenvalue weighted by Gasteiger charge is -2.31. The predicted octanol–water partition coefficient (Wildman–Crippen LogP) is 2.38. The summed E-state index contributed by atoms with van der Waals surface area (Å²) in [6.45, 7) is 4.19. The van der Waals surface area contributed by atoms with Crippen LogP contribution in [0.25, 0.3) is 0 Å². The molecule has 0 spiro atoms. The van der Waals surface area contributed by atoms with Gasteiger partial charge in [0.15, 0.2) is 0 Å². The Labute approximate surface area is 142 Å². The molecule has 2 fully saturated rings. The number of methoxy groups -OCH3 is 1. The molecule has 1 aromatic rings. The Morgan fingerprint density at radius 3 is 2.50 bits per heavy atom. The number of ether oxygens (including phenoxy) is 2. The van der Waals surface area contributed by atoms with Crippen molar-refractivity contribution < 1.29 is 19.1 Å². The largest absolute Gasteiger partial charge is 0.441 e. The summed E-state index contributed by atoms with van der Waals surface area (Å²) in [5, 5.41) is 0. The van der Waals surface area contributed by atoms with E-state index < -0.39 is 0 Å². The molecule has 0 saturated carbocycles. The van der Waals surface area contributed by atoms with Crippen molar-refractivity contribution in [1.29, 1.82) is 0 Å². The number of carbonyl (C=O) groups excluding carboxylic acids is 2. The van der Waals surface area contributed by atoms with E-state index in [9.17, 15) is 9.59 Å². The number of benzene rings is 1. The van der Waals surface area contributed by atoms with E-state index in [4.69, 9.17) is 9.47 Å². The van der Waals surface area contributed by atoms with E-state index in [0.717, 1.165) is 31.6 Å². The third-order valence-electron chi connectivity index (χ3n) is 4.84. The fourth-order valence-electron chi connectivity index (χ4n) is 3.46. The van der Waals surface area contributed by atoms with Crippen LogP contribution in [0.1, 0.15) is 31.2 Å². The monoisotopic (exact) mass is 332 g/mol. The van der Waals surface area contributed by atoms with Gasteiger partial charge in [-0.1, -0.05) is 12.1 Å². The Morgan fingerprint density at radius 1 is 1.25 bits per heavy atom. The number of cyclic esters (lactones) is 1. The number of piperidine rings is 1. The van der Waals surface area contributed by atoms with Crippen molar-refractivity contribution >= 4 is 17.7 Å². The van der Waals surface area contributed by atoms with E-state index in [1.807, 2.05) is 17.0 Å². The maximum Gasteiger partial charge on any atom is 0.414 e. The molecular weight excluding hydrogens is 308 g/mol. The zero-order valence-electron chi connectivity index (χ0n) is 14.2. The summed E-state index contributed by atoms with van der Waals surface area (Å²) < 4.78 is 10.3. The third-order valence-corrected chi connectivity index (χ3v) is 4.84. The van der Waals surface area contributed by atoms with Crippen LogP contribution in [-0.4, -0.2) is 56.4 Å². The summed E-state index contributed by atoms with van der Waals surface area (Å²) in [4.78, 5) is 26.9. The molecule has 0 bridgehead atoms. The van der Waals surface area contributed by atoms with Crippen molar-refractivity contribution in [2.75, 3.05) is 38.3 Å². The molecule has 6 nitrogen and oxygen atoms in total. The molecule has 2 saturated heterocycles. The highest BCUT2D eigenvalue weighted by atomic mass is 16.6. The average molecular weight is 332 g/mol. The van der Waals surface area contributed by atoms with Gasteiger partial charge in [-0.2, -0.15) is 0 Å². The van der Waals surface area contributed by atoms with Crippen LogP contribution in [0, 0.1) is 0 Å². The highest BCUT2D eigenvalue weighted by Gasteiger charge is 2.32. The zero-order chi connectivity index (χ0) is 17.1. The van der Waals surface area contributed by atoms with Gasteiger partial charge in [0.2, 0.25) is 5.91 Å². The molecule has 0 aliphatic carbocycles. The molecule has 2 heterocycles. The van der Waals surface area contributed by atoms with Gasteiger partial charge in [0, 0.05) is 32.8 Å². The van der Waals surface area contributed by atoms with Crippen LogP contribution in [-0.2, 0) is 14.3 Å². The first kappa shape index (κ1) is 16.8. The molecule has 1 atom stereocenters. The first-order valence-electron chi connectivity index (χ1n) is 8.41. The van der Waals surface area contributed by atoms with Crippen LogP contribution < -0.4 is 4.90 Å². The molecule has 1 aromatic carbocycles. The fourth-order valence-corrected chi connectivity index (χ4v) is 3.46. The second kappa shape index (κ2) is 7.21. The Morgan fingerprint density at radius 2 is 1.92 bits per heavy atom. The number of rotatable bonds is 4. The number of nitrogens with zero attached hydrogens (tertiary/aromatic N) is 2. The second-order valence-electron chi connectivity index (χ2n) is 6.44. The van der Waals surface area contributed by atoms with Gasteiger partial charge in [0.05, 0.1) is 13.2 Å². The lowest BCUT2D eigenvalue weighted by atomic mass is 9.89. The summed E-state index contributed by atoms with van der Waals surface area (Å²) in [7, 11) is 1.60. The summed E-state index contributed by atoms with van der Waals surface area (Å²) in [6, 6.07) is 8.12. The van der Waals surface area contributed by atoms with Crippen LogP contribution in [0.15, 0.2) is 24.3 Å². The molecular formula is C18H24N2O4. The predicted molar refractivity (Wildman–Crippen MR) is 90.2 cm³/mol. The van der Waals surface area contributed by atoms with Gasteiger partial charge in [0.1, 0.15) is 6.10 Å². The van der Waals surface area contributed by atoms with E-state index in [0.29, 0.717) is 19.1 Å². The third kappa shape index (κ3) is 3.53. The minimum absolute atomic E-state index is 0.155. The van der Waals surface area contributed by atoms with Crippen LogP contribution >= 0.6 is 0 Å². The second-order valence-corrected chi connectivity index (χ2v) is 6.44. The van der Waals surface area contributed by atoms with Crippen molar-refractivity contribution in [2.45, 2.75) is 31.8 Å². The number of hydrogen-bond donors (Lipinski definition) is 0. The summed E-state index contributed by atoms with van der Waals surface area (Å²) in [5.74, 6) is 0.628. The van der Waals surface area contributed by atoms with E-state index in [-0.39, 0.29) is 18.1 Å². The van der Waals surface area contributed by atoms with Gasteiger partial charge in [0.25, 0.3) is 0 Å². The van der Waals surface area contributed by atoms with Gasteiger partial charge in [-0.05, 0) is 36.5 Å². The molecule has 24 heavy (non-hydrogen) atoms. The standard InChI is InChI=1S/C18H24N2O4/c1-13(21)19-9-7-15(8-10-19)14-3-5-16(6-4-14)20-11-17(12-23-2)24-18(20)22/h3-6,15,17H,7-12H2,1-2H3. The minimum atomic E-state index is -0.320. The molecule has 3 rings (SSSR count). The van der Waals surface area contributed by atoms with Crippen LogP contribution in [0.3, 0.4) is 0 Å². The van der Waals surface area contributed by atoms with E-state index in [1.54, 1.807) is 18.9 Å². The van der Waals surface area contributed by atoms with Gasteiger partial charge < -0.3 is 14.4 Å². The van der Waals surface area contributed by atoms with Gasteiger partial charge >= 0.3 is 6.09 Å². The SMILES string of the molecule is COCC1CN(c2ccc(C3CCN(C(C)=O)CC3)cc2)C(=O)O1. The lowest BCUT2D eigenvalue weighted by molar-refractivity contribution is -0.129. The fraction of sp³-hybridized carbons (Fsp3) is 0.556. The highest BCUT2D eigenvalue weighted by molar-refractivity contribution is 5.89. The van der Waals surface area contributed by atoms with Gasteiger partial charge in [-0.3, -0.25) is 9.69 Å². The summed E-state index contributed by atoms with van der Waals surface area (Å²) in [6.07, 6.45) is 1.44. The maximum atomic E-state index is 12.0. The Balaban J connectivity index is 1.62. The molecule has 6 heteroatoms. The van der Waals surface area contributed by atoms with Gasteiger partial charge in [-0.15, -0.1) is 0 Å². The Hall–Kier alpha value is -2.08. The van der Waals surface area contributed by atoms with E-state index in [2.05, 4.69) is 12.1 Å². The number of hydrogen-bond acceptors (Lipinski definition) is 4. The molecule has 2 aliphatic rings. The molecule has 0 aromatic heterocycles. The molecule has 1 unspecified atom stereocenters. The first-order chi connectivity index (χ1) is 11.6. The number of anilines is 1. The Bertz CT molecular complexity index is 594. The number of likely N-dealkylation sites (tertiary alicyclic amines) is 1. The molecule has 130 valence electrons. The quantitative estimate of drug-likeness (QED) is 0.849. The topological polar surface area (TPSA) is 59.1 Å². The smallest absolute Gasteiger partial charge is 0.414 e. The van der Waals surface area contributed by atoms with Crippen molar-refractivity contribution in [1.82, 2.24) is 4.90 Å². The number of carbonyl (C=O) groups is 2. The van der Waals surface area contributed by atoms with Crippen molar-refractivity contribution in [3.05, 3.63) is 29.8 Å². The average Bonchev–Trinajstić information content (AvgIpc) is 2.96. The lowest BCUT2D eigenvalue weighted by Crippen LogP contribution is -2.36. The molecule has 0 N–H and O–H groups in total.